The first-order valence-electron chi connectivity index (χ1n) is 7.88. The van der Waals surface area contributed by atoms with Gasteiger partial charge < -0.3 is 15.6 Å². The number of rotatable bonds is 3. The summed E-state index contributed by atoms with van der Waals surface area (Å²) in [5.41, 5.74) is 9.86. The monoisotopic (exact) mass is 350 g/mol. The number of aryl methyl sites for hydroxylation is 2. The molecule has 0 bridgehead atoms. The minimum atomic E-state index is -1.16. The fourth-order valence-electron chi connectivity index (χ4n) is 3.25. The smallest absolute Gasteiger partial charge is 0.340 e. The maximum Gasteiger partial charge on any atom is 0.340 e. The van der Waals surface area contributed by atoms with E-state index in [1.807, 2.05) is 26.0 Å². The SMILES string of the molecule is [C-]#[N+]c1cc2c(C(=O)O)c(N)n(-c3c(C)ccc(OC)c3C)c2nc1C. The van der Waals surface area contributed by atoms with Gasteiger partial charge in [0.15, 0.2) is 0 Å². The van der Waals surface area contributed by atoms with Crippen molar-refractivity contribution in [2.45, 2.75) is 20.8 Å². The molecule has 0 spiro atoms. The number of ether oxygens (including phenoxy) is 1. The Morgan fingerprint density at radius 2 is 2.04 bits per heavy atom. The van der Waals surface area contributed by atoms with Gasteiger partial charge in [0.05, 0.1) is 19.4 Å². The maximum atomic E-state index is 11.8. The minimum Gasteiger partial charge on any atom is -0.496 e. The predicted molar refractivity (Wildman–Crippen MR) is 99.5 cm³/mol. The number of hydrogen-bond donors (Lipinski definition) is 2. The zero-order valence-corrected chi connectivity index (χ0v) is 14.9. The fraction of sp³-hybridized carbons (Fsp3) is 0.211. The Balaban J connectivity index is 2.54. The van der Waals surface area contributed by atoms with Gasteiger partial charge in [-0.25, -0.2) is 14.6 Å². The number of methoxy groups -OCH3 is 1. The molecule has 0 saturated heterocycles. The van der Waals surface area contributed by atoms with E-state index in [2.05, 4.69) is 9.83 Å². The van der Waals surface area contributed by atoms with Crippen molar-refractivity contribution in [1.82, 2.24) is 9.55 Å². The lowest BCUT2D eigenvalue weighted by Crippen LogP contribution is -2.08. The van der Waals surface area contributed by atoms with Crippen LogP contribution in [0, 0.1) is 27.3 Å². The lowest BCUT2D eigenvalue weighted by atomic mass is 10.1. The predicted octanol–water partition coefficient (Wildman–Crippen LogP) is 3.79. The van der Waals surface area contributed by atoms with Crippen molar-refractivity contribution in [3.8, 4) is 11.4 Å². The second kappa shape index (κ2) is 6.08. The molecule has 0 atom stereocenters. The first-order chi connectivity index (χ1) is 12.3. The highest BCUT2D eigenvalue weighted by molar-refractivity contribution is 6.09. The number of hydrogen-bond acceptors (Lipinski definition) is 4. The number of fused-ring (bicyclic) bond motifs is 1. The molecule has 7 nitrogen and oxygen atoms in total. The van der Waals surface area contributed by atoms with Crippen molar-refractivity contribution in [2.24, 2.45) is 0 Å². The van der Waals surface area contributed by atoms with E-state index < -0.39 is 5.97 Å². The third-order valence-electron chi connectivity index (χ3n) is 4.51. The summed E-state index contributed by atoms with van der Waals surface area (Å²) in [6.07, 6.45) is 0. The maximum absolute atomic E-state index is 11.8. The molecule has 26 heavy (non-hydrogen) atoms. The first-order valence-corrected chi connectivity index (χ1v) is 7.88. The summed E-state index contributed by atoms with van der Waals surface area (Å²) in [7, 11) is 1.58. The Morgan fingerprint density at radius 1 is 1.35 bits per heavy atom. The number of carboxylic acids is 1. The van der Waals surface area contributed by atoms with Crippen LogP contribution in [0.3, 0.4) is 0 Å². The topological polar surface area (TPSA) is 94.7 Å². The summed E-state index contributed by atoms with van der Waals surface area (Å²) in [5, 5.41) is 10.0. The van der Waals surface area contributed by atoms with Gasteiger partial charge in [0, 0.05) is 16.6 Å². The molecule has 2 aromatic heterocycles. The molecule has 0 radical (unpaired) electrons. The Bertz CT molecular complexity index is 1110. The summed E-state index contributed by atoms with van der Waals surface area (Å²) >= 11 is 0. The highest BCUT2D eigenvalue weighted by Crippen LogP contribution is 2.37. The molecular weight excluding hydrogens is 332 g/mol. The van der Waals surface area contributed by atoms with Crippen LogP contribution in [0.1, 0.15) is 27.2 Å². The number of carbonyl (C=O) groups is 1. The molecule has 132 valence electrons. The summed E-state index contributed by atoms with van der Waals surface area (Å²) in [4.78, 5) is 19.7. The number of nitrogens with zero attached hydrogens (tertiary/aromatic N) is 3. The van der Waals surface area contributed by atoms with Gasteiger partial charge in [-0.05, 0) is 38.5 Å². The van der Waals surface area contributed by atoms with Crippen LogP contribution in [-0.2, 0) is 0 Å². The lowest BCUT2D eigenvalue weighted by Gasteiger charge is -2.17. The number of anilines is 1. The molecule has 1 aromatic carbocycles. The third kappa shape index (κ3) is 2.35. The van der Waals surface area contributed by atoms with Crippen molar-refractivity contribution >= 4 is 28.5 Å². The number of pyridine rings is 1. The van der Waals surface area contributed by atoms with Crippen LogP contribution >= 0.6 is 0 Å². The second-order valence-corrected chi connectivity index (χ2v) is 6.04. The van der Waals surface area contributed by atoms with Gasteiger partial charge in [-0.3, -0.25) is 4.57 Å². The minimum absolute atomic E-state index is 0.0565. The Kier molecular flexibility index (Phi) is 4.04. The van der Waals surface area contributed by atoms with Gasteiger partial charge in [-0.15, -0.1) is 0 Å². The molecule has 0 amide bonds. The number of aromatic carboxylic acids is 1. The quantitative estimate of drug-likeness (QED) is 0.701. The Morgan fingerprint density at radius 3 is 2.62 bits per heavy atom. The molecule has 0 fully saturated rings. The zero-order valence-electron chi connectivity index (χ0n) is 14.9. The van der Waals surface area contributed by atoms with Crippen LogP contribution in [0.2, 0.25) is 0 Å². The summed E-state index contributed by atoms with van der Waals surface area (Å²) in [5.74, 6) is -0.426. The average molecular weight is 350 g/mol. The fourth-order valence-corrected chi connectivity index (χ4v) is 3.25. The summed E-state index contributed by atoms with van der Waals surface area (Å²) < 4.78 is 7.03. The molecule has 7 heteroatoms. The number of nitrogens with two attached hydrogens (primary N) is 1. The van der Waals surface area contributed by atoms with E-state index in [0.29, 0.717) is 28.2 Å². The van der Waals surface area contributed by atoms with E-state index in [1.165, 1.54) is 6.07 Å². The van der Waals surface area contributed by atoms with E-state index >= 15 is 0 Å². The van der Waals surface area contributed by atoms with E-state index in [9.17, 15) is 9.90 Å². The number of nitrogen functional groups attached to an aromatic ring is 1. The second-order valence-electron chi connectivity index (χ2n) is 6.04. The number of benzene rings is 1. The van der Waals surface area contributed by atoms with Gasteiger partial charge in [0.1, 0.15) is 22.8 Å². The molecule has 0 aliphatic rings. The van der Waals surface area contributed by atoms with Gasteiger partial charge in [-0.2, -0.15) is 0 Å². The molecule has 3 aromatic rings. The van der Waals surface area contributed by atoms with Gasteiger partial charge in [0.25, 0.3) is 0 Å². The Labute approximate surface area is 150 Å². The molecule has 0 saturated carbocycles. The molecule has 3 rings (SSSR count). The van der Waals surface area contributed by atoms with Crippen molar-refractivity contribution in [2.75, 3.05) is 12.8 Å². The molecular formula is C19H18N4O3. The largest absolute Gasteiger partial charge is 0.496 e. The van der Waals surface area contributed by atoms with Crippen LogP contribution in [0.5, 0.6) is 5.75 Å². The van der Waals surface area contributed by atoms with Gasteiger partial charge in [0.2, 0.25) is 5.69 Å². The van der Waals surface area contributed by atoms with Crippen LogP contribution in [0.4, 0.5) is 11.5 Å². The summed E-state index contributed by atoms with van der Waals surface area (Å²) in [6, 6.07) is 5.27. The van der Waals surface area contributed by atoms with Gasteiger partial charge in [-0.1, -0.05) is 6.07 Å². The highest BCUT2D eigenvalue weighted by atomic mass is 16.5. The average Bonchev–Trinajstić information content (AvgIpc) is 2.86. The van der Waals surface area contributed by atoms with E-state index in [0.717, 1.165) is 16.8 Å². The van der Waals surface area contributed by atoms with E-state index in [1.54, 1.807) is 18.6 Å². The van der Waals surface area contributed by atoms with Gasteiger partial charge >= 0.3 is 5.97 Å². The van der Waals surface area contributed by atoms with Crippen LogP contribution in [-0.4, -0.2) is 27.7 Å². The van der Waals surface area contributed by atoms with Crippen molar-refractivity contribution < 1.29 is 14.6 Å². The van der Waals surface area contributed by atoms with Crippen molar-refractivity contribution in [3.05, 3.63) is 52.0 Å². The zero-order chi connectivity index (χ0) is 19.2. The third-order valence-corrected chi connectivity index (χ3v) is 4.51. The van der Waals surface area contributed by atoms with Crippen molar-refractivity contribution in [1.29, 1.82) is 0 Å². The highest BCUT2D eigenvalue weighted by Gasteiger charge is 2.25. The van der Waals surface area contributed by atoms with Crippen LogP contribution in [0.15, 0.2) is 18.2 Å². The number of carboxylic acid groups (broad SMARTS) is 1. The van der Waals surface area contributed by atoms with E-state index in [-0.39, 0.29) is 11.4 Å². The number of aromatic nitrogens is 2. The molecule has 0 aliphatic heterocycles. The lowest BCUT2D eigenvalue weighted by molar-refractivity contribution is 0.0700. The molecule has 3 N–H and O–H groups in total. The standard InChI is InChI=1S/C19H18N4O3/c1-9-6-7-14(26-5)10(2)16(9)23-17(20)15(19(24)25)12-8-13(21-4)11(3)22-18(12)23/h6-8H,20H2,1-3,5H3,(H,24,25). The molecule has 2 heterocycles. The first kappa shape index (κ1) is 17.3. The molecule has 0 unspecified atom stereocenters. The van der Waals surface area contributed by atoms with Crippen LogP contribution < -0.4 is 10.5 Å². The van der Waals surface area contributed by atoms with E-state index in [4.69, 9.17) is 17.0 Å². The van der Waals surface area contributed by atoms with Crippen molar-refractivity contribution in [3.63, 3.8) is 0 Å². The molecule has 0 aliphatic carbocycles. The normalized spacial score (nSPS) is 10.7. The summed E-state index contributed by atoms with van der Waals surface area (Å²) in [6.45, 7) is 12.8. The Hall–Kier alpha value is -3.53. The van der Waals surface area contributed by atoms with Crippen LogP contribution in [0.25, 0.3) is 21.6 Å².